The molecule has 1 aliphatic rings. The molecule has 0 spiro atoms. The summed E-state index contributed by atoms with van der Waals surface area (Å²) in [6.07, 6.45) is 4.61. The van der Waals surface area contributed by atoms with Crippen LogP contribution < -0.4 is 4.90 Å². The van der Waals surface area contributed by atoms with Crippen LogP contribution in [0.4, 0.5) is 5.82 Å². The van der Waals surface area contributed by atoms with Crippen LogP contribution in [0.1, 0.15) is 19.8 Å². The van der Waals surface area contributed by atoms with Gasteiger partial charge in [0.05, 0.1) is 12.9 Å². The van der Waals surface area contributed by atoms with Crippen LogP contribution in [0.5, 0.6) is 0 Å². The number of hydrogen-bond acceptors (Lipinski definition) is 6. The SMILES string of the molecule is CC(C(=O)O)N(C(=O)CN(C)c1ncnc2nc[nH]c12)C1CC1. The fourth-order valence-electron chi connectivity index (χ4n) is 2.61. The number of fused-ring (bicyclic) bond motifs is 1. The molecule has 0 bridgehead atoms. The summed E-state index contributed by atoms with van der Waals surface area (Å²) in [4.78, 5) is 42.2. The quantitative estimate of drug-likeness (QED) is 0.784. The van der Waals surface area contributed by atoms with Crippen LogP contribution in [0, 0.1) is 0 Å². The molecule has 2 aromatic heterocycles. The molecule has 0 aliphatic heterocycles. The summed E-state index contributed by atoms with van der Waals surface area (Å²) >= 11 is 0. The maximum atomic E-state index is 12.6. The zero-order valence-electron chi connectivity index (χ0n) is 12.9. The van der Waals surface area contributed by atoms with Crippen molar-refractivity contribution in [2.24, 2.45) is 0 Å². The Bertz CT molecular complexity index is 741. The van der Waals surface area contributed by atoms with E-state index in [0.717, 1.165) is 12.8 Å². The first kappa shape index (κ1) is 15.2. The average Bonchev–Trinajstić information content (AvgIpc) is 3.22. The third kappa shape index (κ3) is 2.94. The molecule has 1 saturated carbocycles. The van der Waals surface area contributed by atoms with Gasteiger partial charge in [0, 0.05) is 13.1 Å². The van der Waals surface area contributed by atoms with Crippen molar-refractivity contribution in [3.05, 3.63) is 12.7 Å². The fraction of sp³-hybridized carbons (Fsp3) is 0.500. The van der Waals surface area contributed by atoms with Gasteiger partial charge in [-0.25, -0.2) is 19.7 Å². The molecular formula is C14H18N6O3. The molecule has 1 atom stereocenters. The molecule has 2 heterocycles. The molecule has 1 amide bonds. The first-order chi connectivity index (χ1) is 11.0. The van der Waals surface area contributed by atoms with E-state index in [4.69, 9.17) is 0 Å². The number of hydrogen-bond donors (Lipinski definition) is 2. The summed E-state index contributed by atoms with van der Waals surface area (Å²) in [5.41, 5.74) is 1.17. The number of amides is 1. The molecule has 2 N–H and O–H groups in total. The Hall–Kier alpha value is -2.71. The number of aromatic nitrogens is 4. The van der Waals surface area contributed by atoms with E-state index in [-0.39, 0.29) is 18.5 Å². The first-order valence-electron chi connectivity index (χ1n) is 7.38. The summed E-state index contributed by atoms with van der Waals surface area (Å²) in [7, 11) is 1.73. The van der Waals surface area contributed by atoms with Gasteiger partial charge in [-0.2, -0.15) is 0 Å². The summed E-state index contributed by atoms with van der Waals surface area (Å²) < 4.78 is 0. The van der Waals surface area contributed by atoms with E-state index in [0.29, 0.717) is 17.0 Å². The Morgan fingerprint density at radius 3 is 2.78 bits per heavy atom. The molecule has 3 rings (SSSR count). The molecule has 9 nitrogen and oxygen atoms in total. The maximum absolute atomic E-state index is 12.6. The van der Waals surface area contributed by atoms with Crippen LogP contribution in [0.2, 0.25) is 0 Å². The van der Waals surface area contributed by atoms with E-state index in [1.165, 1.54) is 24.5 Å². The number of aliphatic carboxylic acids is 1. The minimum atomic E-state index is -0.995. The van der Waals surface area contributed by atoms with Crippen LogP contribution >= 0.6 is 0 Å². The Balaban J connectivity index is 1.78. The number of nitrogens with zero attached hydrogens (tertiary/aromatic N) is 5. The Morgan fingerprint density at radius 1 is 1.39 bits per heavy atom. The predicted octanol–water partition coefficient (Wildman–Crippen LogP) is 0.253. The van der Waals surface area contributed by atoms with Crippen LogP contribution in [-0.2, 0) is 9.59 Å². The lowest BCUT2D eigenvalue weighted by molar-refractivity contribution is -0.149. The molecule has 1 fully saturated rings. The third-order valence-corrected chi connectivity index (χ3v) is 3.94. The van der Waals surface area contributed by atoms with Crippen LogP contribution in [0.15, 0.2) is 12.7 Å². The van der Waals surface area contributed by atoms with Crippen molar-refractivity contribution in [3.63, 3.8) is 0 Å². The van der Waals surface area contributed by atoms with Gasteiger partial charge in [-0.05, 0) is 19.8 Å². The Morgan fingerprint density at radius 2 is 2.13 bits per heavy atom. The molecule has 122 valence electrons. The number of H-pyrrole nitrogens is 1. The highest BCUT2D eigenvalue weighted by molar-refractivity contribution is 5.89. The van der Waals surface area contributed by atoms with Gasteiger partial charge in [0.2, 0.25) is 5.91 Å². The van der Waals surface area contributed by atoms with Gasteiger partial charge < -0.3 is 19.9 Å². The highest BCUT2D eigenvalue weighted by Crippen LogP contribution is 2.29. The number of nitrogens with one attached hydrogen (secondary N) is 1. The Labute approximate surface area is 132 Å². The molecule has 1 aliphatic carbocycles. The predicted molar refractivity (Wildman–Crippen MR) is 81.9 cm³/mol. The molecule has 0 saturated heterocycles. The highest BCUT2D eigenvalue weighted by atomic mass is 16.4. The maximum Gasteiger partial charge on any atom is 0.326 e. The second kappa shape index (κ2) is 5.82. The van der Waals surface area contributed by atoms with E-state index in [9.17, 15) is 14.7 Å². The topological polar surface area (TPSA) is 115 Å². The number of carboxylic acid groups (broad SMARTS) is 1. The average molecular weight is 318 g/mol. The lowest BCUT2D eigenvalue weighted by Crippen LogP contribution is -2.48. The molecule has 0 radical (unpaired) electrons. The number of likely N-dealkylation sites (N-methyl/N-ethyl adjacent to an activating group) is 1. The summed E-state index contributed by atoms with van der Waals surface area (Å²) in [5, 5.41) is 9.20. The monoisotopic (exact) mass is 318 g/mol. The lowest BCUT2D eigenvalue weighted by atomic mass is 10.2. The zero-order valence-corrected chi connectivity index (χ0v) is 12.9. The molecule has 0 aromatic carbocycles. The number of carbonyl (C=O) groups is 2. The fourth-order valence-corrected chi connectivity index (χ4v) is 2.61. The van der Waals surface area contributed by atoms with E-state index in [2.05, 4.69) is 19.9 Å². The van der Waals surface area contributed by atoms with Crippen molar-refractivity contribution in [1.82, 2.24) is 24.8 Å². The van der Waals surface area contributed by atoms with Crippen molar-refractivity contribution in [3.8, 4) is 0 Å². The number of imidazole rings is 1. The molecule has 9 heteroatoms. The number of anilines is 1. The summed E-state index contributed by atoms with van der Waals surface area (Å²) in [6, 6.07) is -0.805. The first-order valence-corrected chi connectivity index (χ1v) is 7.38. The van der Waals surface area contributed by atoms with Gasteiger partial charge in [-0.1, -0.05) is 0 Å². The van der Waals surface area contributed by atoms with E-state index >= 15 is 0 Å². The van der Waals surface area contributed by atoms with Crippen LogP contribution in [-0.4, -0.2) is 67.5 Å². The van der Waals surface area contributed by atoms with E-state index in [1.807, 2.05) is 0 Å². The largest absolute Gasteiger partial charge is 0.480 e. The normalized spacial score (nSPS) is 15.4. The number of rotatable bonds is 6. The van der Waals surface area contributed by atoms with Gasteiger partial charge >= 0.3 is 5.97 Å². The smallest absolute Gasteiger partial charge is 0.326 e. The minimum Gasteiger partial charge on any atom is -0.480 e. The van der Waals surface area contributed by atoms with Gasteiger partial charge in [-0.3, -0.25) is 4.79 Å². The number of carbonyl (C=O) groups excluding carboxylic acids is 1. The Kier molecular flexibility index (Phi) is 3.85. The summed E-state index contributed by atoms with van der Waals surface area (Å²) in [5.74, 6) is -0.665. The number of aromatic amines is 1. The van der Waals surface area contributed by atoms with Crippen molar-refractivity contribution in [2.75, 3.05) is 18.5 Å². The minimum absolute atomic E-state index is 0.0274. The highest BCUT2D eigenvalue weighted by Gasteiger charge is 2.38. The van der Waals surface area contributed by atoms with Crippen molar-refractivity contribution >= 4 is 28.9 Å². The molecular weight excluding hydrogens is 300 g/mol. The molecule has 23 heavy (non-hydrogen) atoms. The van der Waals surface area contributed by atoms with Gasteiger partial charge in [0.1, 0.15) is 17.9 Å². The van der Waals surface area contributed by atoms with Crippen molar-refractivity contribution < 1.29 is 14.7 Å². The van der Waals surface area contributed by atoms with Crippen LogP contribution in [0.25, 0.3) is 11.2 Å². The van der Waals surface area contributed by atoms with Crippen molar-refractivity contribution in [1.29, 1.82) is 0 Å². The second-order valence-corrected chi connectivity index (χ2v) is 5.70. The third-order valence-electron chi connectivity index (χ3n) is 3.94. The van der Waals surface area contributed by atoms with Crippen LogP contribution in [0.3, 0.4) is 0 Å². The molecule has 2 aromatic rings. The number of carboxylic acids is 1. The zero-order chi connectivity index (χ0) is 16.6. The molecule has 1 unspecified atom stereocenters. The van der Waals surface area contributed by atoms with Gasteiger partial charge in [0.25, 0.3) is 0 Å². The van der Waals surface area contributed by atoms with Gasteiger partial charge in [-0.15, -0.1) is 0 Å². The van der Waals surface area contributed by atoms with Crippen molar-refractivity contribution in [2.45, 2.75) is 31.8 Å². The van der Waals surface area contributed by atoms with E-state index < -0.39 is 12.0 Å². The summed E-state index contributed by atoms with van der Waals surface area (Å²) in [6.45, 7) is 1.58. The standard InChI is InChI=1S/C14H18N6O3/c1-8(14(22)23)20(9-3-4-9)10(21)5-19(2)13-11-12(16-6-15-11)17-7-18-13/h6-9H,3-5H2,1-2H3,(H,22,23)(H,15,16,17,18). The second-order valence-electron chi connectivity index (χ2n) is 5.70. The van der Waals surface area contributed by atoms with E-state index in [1.54, 1.807) is 11.9 Å². The lowest BCUT2D eigenvalue weighted by Gasteiger charge is -2.29. The van der Waals surface area contributed by atoms with Gasteiger partial charge in [0.15, 0.2) is 11.5 Å².